The molecule has 0 bridgehead atoms. The molecule has 0 aliphatic carbocycles. The highest BCUT2D eigenvalue weighted by molar-refractivity contribution is 5.76. The van der Waals surface area contributed by atoms with Crippen molar-refractivity contribution in [3.05, 3.63) is 47.8 Å². The van der Waals surface area contributed by atoms with Gasteiger partial charge in [-0.2, -0.15) is 0 Å². The second-order valence-electron chi connectivity index (χ2n) is 7.38. The number of para-hydroxylation sites is 2. The molecule has 2 aromatic heterocycles. The van der Waals surface area contributed by atoms with E-state index in [0.717, 1.165) is 36.7 Å². The Morgan fingerprint density at radius 3 is 2.92 bits per heavy atom. The van der Waals surface area contributed by atoms with E-state index in [9.17, 15) is 0 Å². The van der Waals surface area contributed by atoms with Crippen LogP contribution in [0.3, 0.4) is 0 Å². The Balaban J connectivity index is 1.49. The molecule has 132 valence electrons. The van der Waals surface area contributed by atoms with E-state index in [1.54, 1.807) is 0 Å². The summed E-state index contributed by atoms with van der Waals surface area (Å²) in [4.78, 5) is 9.59. The first kappa shape index (κ1) is 16.3. The summed E-state index contributed by atoms with van der Waals surface area (Å²) in [6.45, 7) is 9.38. The van der Waals surface area contributed by atoms with Crippen LogP contribution in [0.5, 0.6) is 0 Å². The van der Waals surface area contributed by atoms with Gasteiger partial charge in [-0.15, -0.1) is 0 Å². The molecule has 1 aliphatic rings. The third-order valence-electron chi connectivity index (χ3n) is 5.10. The molecule has 0 spiro atoms. The van der Waals surface area contributed by atoms with Crippen LogP contribution in [-0.2, 0) is 13.1 Å². The summed E-state index contributed by atoms with van der Waals surface area (Å²) in [6, 6.07) is 8.80. The van der Waals surface area contributed by atoms with E-state index in [-0.39, 0.29) is 0 Å². The van der Waals surface area contributed by atoms with Gasteiger partial charge in [0.1, 0.15) is 11.6 Å². The first-order chi connectivity index (χ1) is 12.1. The number of nitrogens with zero attached hydrogens (tertiary/aromatic N) is 4. The lowest BCUT2D eigenvalue weighted by Crippen LogP contribution is -2.27. The van der Waals surface area contributed by atoms with Gasteiger partial charge in [0.05, 0.1) is 23.3 Å². The number of aromatic nitrogens is 4. The second kappa shape index (κ2) is 6.64. The third kappa shape index (κ3) is 3.09. The largest absolute Gasteiger partial charge is 0.334 e. The first-order valence-corrected chi connectivity index (χ1v) is 9.33. The van der Waals surface area contributed by atoms with Crippen molar-refractivity contribution in [1.29, 1.82) is 0 Å². The molecule has 3 aromatic rings. The summed E-state index contributed by atoms with van der Waals surface area (Å²) in [6.07, 6.45) is 4.63. The summed E-state index contributed by atoms with van der Waals surface area (Å²) in [5.74, 6) is 2.86. The van der Waals surface area contributed by atoms with Gasteiger partial charge in [-0.3, -0.25) is 0 Å². The highest BCUT2D eigenvalue weighted by Crippen LogP contribution is 2.26. The topological polar surface area (TPSA) is 47.7 Å². The van der Waals surface area contributed by atoms with Gasteiger partial charge in [0, 0.05) is 31.2 Å². The third-order valence-corrected chi connectivity index (χ3v) is 5.10. The first-order valence-electron chi connectivity index (χ1n) is 9.33. The molecule has 0 amide bonds. The standard InChI is InChI=1S/C20H27N5/c1-14(2)25-18-9-5-4-8-17(18)23-19(25)12-21-11-16-7-6-10-24-13-15(3)22-20(16)24/h4-5,8-9,13-14,16,21H,6-7,10-12H2,1-3H3/t16-/m0/s1. The Hall–Kier alpha value is -2.14. The van der Waals surface area contributed by atoms with E-state index < -0.39 is 0 Å². The van der Waals surface area contributed by atoms with Crippen LogP contribution in [-0.4, -0.2) is 25.6 Å². The van der Waals surface area contributed by atoms with Crippen molar-refractivity contribution in [2.24, 2.45) is 0 Å². The number of hydrogen-bond acceptors (Lipinski definition) is 3. The number of aryl methyl sites for hydroxylation is 2. The molecule has 1 aliphatic heterocycles. The highest BCUT2D eigenvalue weighted by Gasteiger charge is 2.22. The van der Waals surface area contributed by atoms with E-state index in [2.05, 4.69) is 65.7 Å². The quantitative estimate of drug-likeness (QED) is 0.770. The van der Waals surface area contributed by atoms with Gasteiger partial charge in [0.15, 0.2) is 0 Å². The molecule has 25 heavy (non-hydrogen) atoms. The van der Waals surface area contributed by atoms with Crippen LogP contribution >= 0.6 is 0 Å². The minimum atomic E-state index is 0.403. The van der Waals surface area contributed by atoms with Gasteiger partial charge >= 0.3 is 0 Å². The summed E-state index contributed by atoms with van der Waals surface area (Å²) in [5.41, 5.74) is 3.43. The zero-order chi connectivity index (χ0) is 17.4. The van der Waals surface area contributed by atoms with Crippen LogP contribution < -0.4 is 5.32 Å². The molecule has 3 heterocycles. The van der Waals surface area contributed by atoms with E-state index >= 15 is 0 Å². The SMILES string of the molecule is Cc1cn2c(n1)[C@H](CNCc1nc3ccccc3n1C(C)C)CCC2. The summed E-state index contributed by atoms with van der Waals surface area (Å²) >= 11 is 0. The maximum atomic E-state index is 4.84. The molecular weight excluding hydrogens is 310 g/mol. The zero-order valence-electron chi connectivity index (χ0n) is 15.4. The monoisotopic (exact) mass is 337 g/mol. The molecule has 5 nitrogen and oxygen atoms in total. The van der Waals surface area contributed by atoms with E-state index in [4.69, 9.17) is 9.97 Å². The summed E-state index contributed by atoms with van der Waals surface area (Å²) < 4.78 is 4.67. The van der Waals surface area contributed by atoms with Gasteiger partial charge in [0.25, 0.3) is 0 Å². The molecule has 1 N–H and O–H groups in total. The fourth-order valence-corrected chi connectivity index (χ4v) is 4.05. The Morgan fingerprint density at radius 2 is 2.08 bits per heavy atom. The summed E-state index contributed by atoms with van der Waals surface area (Å²) in [5, 5.41) is 3.64. The molecule has 1 aromatic carbocycles. The normalized spacial score (nSPS) is 17.4. The number of benzene rings is 1. The number of rotatable bonds is 5. The van der Waals surface area contributed by atoms with Gasteiger partial charge in [-0.05, 0) is 45.7 Å². The van der Waals surface area contributed by atoms with E-state index in [1.165, 1.54) is 24.2 Å². The number of fused-ring (bicyclic) bond motifs is 2. The predicted octanol–water partition coefficient (Wildman–Crippen LogP) is 3.79. The lowest BCUT2D eigenvalue weighted by atomic mass is 9.99. The van der Waals surface area contributed by atoms with Crippen LogP contribution in [0.4, 0.5) is 0 Å². The zero-order valence-corrected chi connectivity index (χ0v) is 15.4. The fourth-order valence-electron chi connectivity index (χ4n) is 4.05. The number of hydrogen-bond donors (Lipinski definition) is 1. The van der Waals surface area contributed by atoms with E-state index in [0.29, 0.717) is 12.0 Å². The molecule has 0 unspecified atom stereocenters. The van der Waals surface area contributed by atoms with Crippen molar-refractivity contribution < 1.29 is 0 Å². The summed E-state index contributed by atoms with van der Waals surface area (Å²) in [7, 11) is 0. The Labute approximate surface area is 149 Å². The number of imidazole rings is 2. The Kier molecular flexibility index (Phi) is 4.34. The predicted molar refractivity (Wildman–Crippen MR) is 101 cm³/mol. The molecule has 5 heteroatoms. The van der Waals surface area contributed by atoms with Crippen molar-refractivity contribution in [1.82, 2.24) is 24.4 Å². The Morgan fingerprint density at radius 1 is 1.24 bits per heavy atom. The van der Waals surface area contributed by atoms with Crippen LogP contribution in [0, 0.1) is 6.92 Å². The van der Waals surface area contributed by atoms with Crippen LogP contribution in [0.1, 0.15) is 56.0 Å². The minimum absolute atomic E-state index is 0.403. The number of nitrogens with one attached hydrogen (secondary N) is 1. The molecule has 1 atom stereocenters. The highest BCUT2D eigenvalue weighted by atomic mass is 15.1. The fraction of sp³-hybridized carbons (Fsp3) is 0.500. The van der Waals surface area contributed by atoms with Crippen molar-refractivity contribution in [2.75, 3.05) is 6.54 Å². The lowest BCUT2D eigenvalue weighted by molar-refractivity contribution is 0.418. The minimum Gasteiger partial charge on any atom is -0.334 e. The maximum absolute atomic E-state index is 4.84. The van der Waals surface area contributed by atoms with Crippen molar-refractivity contribution in [3.63, 3.8) is 0 Å². The van der Waals surface area contributed by atoms with Crippen LogP contribution in [0.25, 0.3) is 11.0 Å². The van der Waals surface area contributed by atoms with Gasteiger partial charge in [-0.1, -0.05) is 12.1 Å². The van der Waals surface area contributed by atoms with E-state index in [1.807, 2.05) is 0 Å². The molecule has 0 saturated carbocycles. The molecule has 0 saturated heterocycles. The average molecular weight is 337 g/mol. The molecule has 4 rings (SSSR count). The van der Waals surface area contributed by atoms with Gasteiger partial charge in [0.2, 0.25) is 0 Å². The molecule has 0 fully saturated rings. The average Bonchev–Trinajstić information content (AvgIpc) is 3.14. The Bertz CT molecular complexity index is 873. The molecular formula is C20H27N5. The van der Waals surface area contributed by atoms with Crippen LogP contribution in [0.15, 0.2) is 30.5 Å². The second-order valence-corrected chi connectivity index (χ2v) is 7.38. The molecule has 0 radical (unpaired) electrons. The lowest BCUT2D eigenvalue weighted by Gasteiger charge is -2.23. The maximum Gasteiger partial charge on any atom is 0.124 e. The van der Waals surface area contributed by atoms with Crippen molar-refractivity contribution in [2.45, 2.75) is 58.7 Å². The van der Waals surface area contributed by atoms with Crippen molar-refractivity contribution >= 4 is 11.0 Å². The van der Waals surface area contributed by atoms with Crippen molar-refractivity contribution in [3.8, 4) is 0 Å². The van der Waals surface area contributed by atoms with Gasteiger partial charge in [-0.25, -0.2) is 9.97 Å². The van der Waals surface area contributed by atoms with Gasteiger partial charge < -0.3 is 14.5 Å². The smallest absolute Gasteiger partial charge is 0.124 e. The van der Waals surface area contributed by atoms with Crippen LogP contribution in [0.2, 0.25) is 0 Å².